The zero-order chi connectivity index (χ0) is 8.55. The molecule has 2 rings (SSSR count). The smallest absolute Gasteiger partial charge is 0.0441 e. The molecule has 0 saturated heterocycles. The maximum atomic E-state index is 5.97. The fourth-order valence-electron chi connectivity index (χ4n) is 1.22. The van der Waals surface area contributed by atoms with Gasteiger partial charge in [0.2, 0.25) is 0 Å². The van der Waals surface area contributed by atoms with E-state index in [1.165, 1.54) is 0 Å². The van der Waals surface area contributed by atoms with E-state index in [2.05, 4.69) is 4.98 Å². The predicted molar refractivity (Wildman–Crippen MR) is 51.5 cm³/mol. The molecule has 1 nitrogen and oxygen atoms in total. The van der Waals surface area contributed by atoms with Gasteiger partial charge in [-0.1, -0.05) is 11.6 Å². The van der Waals surface area contributed by atoms with E-state index in [1.807, 2.05) is 31.3 Å². The van der Waals surface area contributed by atoms with Crippen molar-refractivity contribution in [2.45, 2.75) is 6.92 Å². The molecule has 2 aromatic rings. The molecule has 0 atom stereocenters. The number of hydrogen-bond donors (Lipinski definition) is 0. The summed E-state index contributed by atoms with van der Waals surface area (Å²) in [6.45, 7) is 1.99. The Kier molecular flexibility index (Phi) is 1.74. The maximum Gasteiger partial charge on any atom is 0.0441 e. The second-order valence-electron chi connectivity index (χ2n) is 2.82. The zero-order valence-electron chi connectivity index (χ0n) is 6.71. The van der Waals surface area contributed by atoms with E-state index < -0.39 is 0 Å². The molecule has 0 amide bonds. The van der Waals surface area contributed by atoms with E-state index >= 15 is 0 Å². The summed E-state index contributed by atoms with van der Waals surface area (Å²) >= 11 is 5.97. The minimum absolute atomic E-state index is 0.814. The van der Waals surface area contributed by atoms with Gasteiger partial charge in [0.15, 0.2) is 0 Å². The molecule has 0 spiro atoms. The third-order valence-corrected chi connectivity index (χ3v) is 2.33. The molecule has 1 aromatic heterocycles. The highest BCUT2D eigenvalue weighted by Crippen LogP contribution is 2.22. The molecular formula is C10H8ClN. The molecule has 12 heavy (non-hydrogen) atoms. The van der Waals surface area contributed by atoms with E-state index in [4.69, 9.17) is 11.6 Å². The van der Waals surface area contributed by atoms with Crippen LogP contribution in [0.3, 0.4) is 0 Å². The standard InChI is InChI=1S/C10H8ClN/c1-7-4-9-6-12-3-2-8(9)5-10(7)11/h2-6H,1H3. The fourth-order valence-corrected chi connectivity index (χ4v) is 1.39. The summed E-state index contributed by atoms with van der Waals surface area (Å²) in [4.78, 5) is 4.04. The Labute approximate surface area is 76.0 Å². The number of aromatic nitrogens is 1. The summed E-state index contributed by atoms with van der Waals surface area (Å²) < 4.78 is 0. The van der Waals surface area contributed by atoms with Gasteiger partial charge in [0.25, 0.3) is 0 Å². The first-order valence-corrected chi connectivity index (χ1v) is 4.15. The summed E-state index contributed by atoms with van der Waals surface area (Å²) in [5.74, 6) is 0. The summed E-state index contributed by atoms with van der Waals surface area (Å²) in [7, 11) is 0. The Morgan fingerprint density at radius 1 is 1.25 bits per heavy atom. The normalized spacial score (nSPS) is 10.5. The SMILES string of the molecule is Cc1cc2cnccc2cc1Cl. The van der Waals surface area contributed by atoms with Gasteiger partial charge in [0, 0.05) is 22.8 Å². The van der Waals surface area contributed by atoms with Crippen molar-refractivity contribution in [1.82, 2.24) is 4.98 Å². The molecule has 2 heteroatoms. The van der Waals surface area contributed by atoms with Crippen LogP contribution in [0.15, 0.2) is 30.6 Å². The Balaban J connectivity index is 2.84. The minimum Gasteiger partial charge on any atom is -0.264 e. The number of benzene rings is 1. The monoisotopic (exact) mass is 177 g/mol. The van der Waals surface area contributed by atoms with Crippen LogP contribution >= 0.6 is 11.6 Å². The molecular weight excluding hydrogens is 170 g/mol. The molecule has 0 N–H and O–H groups in total. The zero-order valence-corrected chi connectivity index (χ0v) is 7.47. The van der Waals surface area contributed by atoms with Crippen LogP contribution < -0.4 is 0 Å². The van der Waals surface area contributed by atoms with E-state index in [0.29, 0.717) is 0 Å². The van der Waals surface area contributed by atoms with Crippen molar-refractivity contribution >= 4 is 22.4 Å². The average Bonchev–Trinajstić information content (AvgIpc) is 2.07. The van der Waals surface area contributed by atoms with E-state index in [1.54, 1.807) is 6.20 Å². The highest BCUT2D eigenvalue weighted by atomic mass is 35.5. The number of hydrogen-bond acceptors (Lipinski definition) is 1. The van der Waals surface area contributed by atoms with Crippen molar-refractivity contribution < 1.29 is 0 Å². The second kappa shape index (κ2) is 2.76. The topological polar surface area (TPSA) is 12.9 Å². The van der Waals surface area contributed by atoms with Gasteiger partial charge < -0.3 is 0 Å². The number of halogens is 1. The van der Waals surface area contributed by atoms with Crippen LogP contribution in [0.25, 0.3) is 10.8 Å². The number of pyridine rings is 1. The Hall–Kier alpha value is -1.08. The molecule has 1 heterocycles. The van der Waals surface area contributed by atoms with Gasteiger partial charge in [-0.05, 0) is 36.1 Å². The lowest BCUT2D eigenvalue weighted by Crippen LogP contribution is -1.78. The average molecular weight is 178 g/mol. The number of nitrogens with zero attached hydrogens (tertiary/aromatic N) is 1. The lowest BCUT2D eigenvalue weighted by molar-refractivity contribution is 1.36. The Bertz CT molecular complexity index is 383. The molecule has 0 fully saturated rings. The largest absolute Gasteiger partial charge is 0.264 e. The highest BCUT2D eigenvalue weighted by Gasteiger charge is 1.97. The van der Waals surface area contributed by atoms with Gasteiger partial charge in [0.1, 0.15) is 0 Å². The van der Waals surface area contributed by atoms with Crippen molar-refractivity contribution in [2.24, 2.45) is 0 Å². The van der Waals surface area contributed by atoms with Crippen molar-refractivity contribution in [3.63, 3.8) is 0 Å². The first-order valence-electron chi connectivity index (χ1n) is 3.77. The molecule has 0 aliphatic heterocycles. The highest BCUT2D eigenvalue weighted by molar-refractivity contribution is 6.32. The molecule has 60 valence electrons. The molecule has 0 aliphatic rings. The fraction of sp³-hybridized carbons (Fsp3) is 0.100. The van der Waals surface area contributed by atoms with E-state index in [9.17, 15) is 0 Å². The van der Waals surface area contributed by atoms with E-state index in [-0.39, 0.29) is 0 Å². The second-order valence-corrected chi connectivity index (χ2v) is 3.23. The van der Waals surface area contributed by atoms with Crippen LogP contribution in [-0.2, 0) is 0 Å². The van der Waals surface area contributed by atoms with Crippen molar-refractivity contribution in [2.75, 3.05) is 0 Å². The first-order chi connectivity index (χ1) is 5.77. The van der Waals surface area contributed by atoms with Crippen LogP contribution in [0.5, 0.6) is 0 Å². The van der Waals surface area contributed by atoms with Crippen LogP contribution in [0.4, 0.5) is 0 Å². The van der Waals surface area contributed by atoms with Gasteiger partial charge in [0.05, 0.1) is 0 Å². The molecule has 0 unspecified atom stereocenters. The number of rotatable bonds is 0. The van der Waals surface area contributed by atoms with Gasteiger partial charge >= 0.3 is 0 Å². The van der Waals surface area contributed by atoms with Crippen molar-refractivity contribution in [3.8, 4) is 0 Å². The van der Waals surface area contributed by atoms with Crippen molar-refractivity contribution in [1.29, 1.82) is 0 Å². The predicted octanol–water partition coefficient (Wildman–Crippen LogP) is 3.20. The van der Waals surface area contributed by atoms with Crippen LogP contribution in [0.2, 0.25) is 5.02 Å². The van der Waals surface area contributed by atoms with Gasteiger partial charge in [-0.2, -0.15) is 0 Å². The summed E-state index contributed by atoms with van der Waals surface area (Å²) in [5.41, 5.74) is 1.09. The molecule has 0 saturated carbocycles. The van der Waals surface area contributed by atoms with Gasteiger partial charge in [-0.25, -0.2) is 0 Å². The number of aryl methyl sites for hydroxylation is 1. The Morgan fingerprint density at radius 3 is 2.92 bits per heavy atom. The maximum absolute atomic E-state index is 5.97. The summed E-state index contributed by atoms with van der Waals surface area (Å²) in [6, 6.07) is 5.97. The number of fused-ring (bicyclic) bond motifs is 1. The van der Waals surface area contributed by atoms with Crippen LogP contribution in [0.1, 0.15) is 5.56 Å². The lowest BCUT2D eigenvalue weighted by atomic mass is 10.1. The molecule has 0 radical (unpaired) electrons. The quantitative estimate of drug-likeness (QED) is 0.602. The third kappa shape index (κ3) is 1.16. The van der Waals surface area contributed by atoms with Crippen LogP contribution in [-0.4, -0.2) is 4.98 Å². The van der Waals surface area contributed by atoms with Gasteiger partial charge in [-0.3, -0.25) is 4.98 Å². The first kappa shape index (κ1) is 7.56. The van der Waals surface area contributed by atoms with E-state index in [0.717, 1.165) is 21.4 Å². The minimum atomic E-state index is 0.814. The van der Waals surface area contributed by atoms with Crippen molar-refractivity contribution in [3.05, 3.63) is 41.2 Å². The van der Waals surface area contributed by atoms with Crippen LogP contribution in [0, 0.1) is 6.92 Å². The third-order valence-electron chi connectivity index (χ3n) is 1.92. The lowest BCUT2D eigenvalue weighted by Gasteiger charge is -2.00. The molecule has 0 bridgehead atoms. The Morgan fingerprint density at radius 2 is 2.08 bits per heavy atom. The molecule has 0 aliphatic carbocycles. The summed E-state index contributed by atoms with van der Waals surface area (Å²) in [5, 5.41) is 3.09. The summed E-state index contributed by atoms with van der Waals surface area (Å²) in [6.07, 6.45) is 3.62. The van der Waals surface area contributed by atoms with Gasteiger partial charge in [-0.15, -0.1) is 0 Å². The molecule has 1 aromatic carbocycles.